The van der Waals surface area contributed by atoms with Crippen LogP contribution in [0.2, 0.25) is 5.02 Å². The smallest absolute Gasteiger partial charge is 0.264 e. The predicted octanol–water partition coefficient (Wildman–Crippen LogP) is 3.22. The summed E-state index contributed by atoms with van der Waals surface area (Å²) < 4.78 is 39.5. The Hall–Kier alpha value is -2.38. The first-order valence-electron chi connectivity index (χ1n) is 7.20. The Labute approximate surface area is 150 Å². The lowest BCUT2D eigenvalue weighted by Crippen LogP contribution is -2.28. The van der Waals surface area contributed by atoms with Crippen molar-refractivity contribution < 1.29 is 17.6 Å². The molecule has 1 amide bonds. The third kappa shape index (κ3) is 4.18. The lowest BCUT2D eigenvalue weighted by atomic mass is 10.2. The minimum atomic E-state index is -3.95. The molecule has 0 saturated heterocycles. The van der Waals surface area contributed by atoms with E-state index in [0.717, 1.165) is 16.4 Å². The van der Waals surface area contributed by atoms with Crippen LogP contribution >= 0.6 is 11.6 Å². The van der Waals surface area contributed by atoms with Crippen LogP contribution in [0.5, 0.6) is 0 Å². The summed E-state index contributed by atoms with van der Waals surface area (Å²) in [5, 5.41) is 2.67. The Morgan fingerprint density at radius 2 is 1.92 bits per heavy atom. The van der Waals surface area contributed by atoms with Gasteiger partial charge in [-0.05, 0) is 42.5 Å². The molecule has 0 aliphatic heterocycles. The van der Waals surface area contributed by atoms with Crippen LogP contribution in [0.4, 0.5) is 10.1 Å². The van der Waals surface area contributed by atoms with E-state index in [4.69, 9.17) is 11.6 Å². The van der Waals surface area contributed by atoms with Crippen LogP contribution in [0.25, 0.3) is 0 Å². The molecule has 0 unspecified atom stereocenters. The van der Waals surface area contributed by atoms with Crippen molar-refractivity contribution in [2.24, 2.45) is 0 Å². The molecule has 8 heteroatoms. The van der Waals surface area contributed by atoms with Crippen molar-refractivity contribution in [2.45, 2.75) is 4.90 Å². The van der Waals surface area contributed by atoms with Crippen molar-refractivity contribution >= 4 is 33.2 Å². The lowest BCUT2D eigenvalue weighted by molar-refractivity contribution is 0.0958. The van der Waals surface area contributed by atoms with Crippen LogP contribution in [0.3, 0.4) is 0 Å². The summed E-state index contributed by atoms with van der Waals surface area (Å²) in [5.41, 5.74) is 0.325. The molecule has 0 saturated carbocycles. The lowest BCUT2D eigenvalue weighted by Gasteiger charge is -2.20. The number of anilines is 1. The first-order chi connectivity index (χ1) is 11.8. The monoisotopic (exact) mass is 382 g/mol. The number of sulfonamides is 1. The van der Waals surface area contributed by atoms with E-state index < -0.39 is 21.7 Å². The fourth-order valence-corrected chi connectivity index (χ4v) is 3.47. The summed E-state index contributed by atoms with van der Waals surface area (Å²) in [6.07, 6.45) is 1.49. The first-order valence-corrected chi connectivity index (χ1v) is 9.02. The first kappa shape index (κ1) is 19.0. The van der Waals surface area contributed by atoms with Gasteiger partial charge in [0.2, 0.25) is 0 Å². The van der Waals surface area contributed by atoms with Gasteiger partial charge in [0.1, 0.15) is 5.82 Å². The number of carbonyl (C=O) groups is 1. The van der Waals surface area contributed by atoms with E-state index in [1.54, 1.807) is 0 Å². The second-order valence-corrected chi connectivity index (χ2v) is 7.47. The molecule has 5 nitrogen and oxygen atoms in total. The fourth-order valence-electron chi connectivity index (χ4n) is 2.05. The number of benzene rings is 2. The third-order valence-corrected chi connectivity index (χ3v) is 5.55. The average Bonchev–Trinajstić information content (AvgIpc) is 2.59. The topological polar surface area (TPSA) is 66.5 Å². The van der Waals surface area contributed by atoms with Gasteiger partial charge >= 0.3 is 0 Å². The average molecular weight is 383 g/mol. The van der Waals surface area contributed by atoms with Gasteiger partial charge in [0.15, 0.2) is 0 Å². The second-order valence-electron chi connectivity index (χ2n) is 5.09. The molecular formula is C17H16ClFN2O3S. The van der Waals surface area contributed by atoms with E-state index in [2.05, 4.69) is 11.9 Å². The van der Waals surface area contributed by atoms with Crippen LogP contribution in [0.1, 0.15) is 10.4 Å². The van der Waals surface area contributed by atoms with Crippen molar-refractivity contribution in [3.05, 3.63) is 71.5 Å². The highest BCUT2D eigenvalue weighted by Crippen LogP contribution is 2.25. The van der Waals surface area contributed by atoms with Gasteiger partial charge in [-0.2, -0.15) is 0 Å². The van der Waals surface area contributed by atoms with Crippen LogP contribution in [0, 0.1) is 5.82 Å². The molecule has 2 aromatic carbocycles. The summed E-state index contributed by atoms with van der Waals surface area (Å²) in [4.78, 5) is 12.0. The summed E-state index contributed by atoms with van der Waals surface area (Å²) in [5.74, 6) is -0.978. The van der Waals surface area contributed by atoms with Gasteiger partial charge < -0.3 is 5.32 Å². The number of halogens is 2. The number of carbonyl (C=O) groups excluding carboxylic acids is 1. The Bertz CT molecular complexity index is 899. The number of hydrogen-bond acceptors (Lipinski definition) is 3. The van der Waals surface area contributed by atoms with Crippen molar-refractivity contribution in [3.8, 4) is 0 Å². The van der Waals surface area contributed by atoms with E-state index in [0.29, 0.717) is 0 Å². The maximum Gasteiger partial charge on any atom is 0.264 e. The quantitative estimate of drug-likeness (QED) is 0.780. The fraction of sp³-hybridized carbons (Fsp3) is 0.118. The van der Waals surface area contributed by atoms with Gasteiger partial charge in [-0.25, -0.2) is 12.8 Å². The van der Waals surface area contributed by atoms with Crippen molar-refractivity contribution in [1.82, 2.24) is 5.32 Å². The highest BCUT2D eigenvalue weighted by molar-refractivity contribution is 7.92. The highest BCUT2D eigenvalue weighted by atomic mass is 35.5. The largest absolute Gasteiger partial charge is 0.349 e. The summed E-state index contributed by atoms with van der Waals surface area (Å²) in [6.45, 7) is 3.72. The van der Waals surface area contributed by atoms with E-state index in [1.807, 2.05) is 0 Å². The van der Waals surface area contributed by atoms with Gasteiger partial charge in [-0.1, -0.05) is 17.7 Å². The molecule has 1 N–H and O–H groups in total. The Morgan fingerprint density at radius 3 is 2.52 bits per heavy atom. The van der Waals surface area contributed by atoms with Gasteiger partial charge in [0.05, 0.1) is 21.2 Å². The maximum atomic E-state index is 13.0. The highest BCUT2D eigenvalue weighted by Gasteiger charge is 2.23. The van der Waals surface area contributed by atoms with E-state index in [-0.39, 0.29) is 27.7 Å². The molecule has 2 aromatic rings. The standard InChI is InChI=1S/C17H16ClFN2O3S/c1-3-10-20-17(22)15-11-14(8-9-16(15)18)25(23,24)21(2)13-6-4-12(19)5-7-13/h3-9,11H,1,10H2,2H3,(H,20,22). The maximum absolute atomic E-state index is 13.0. The molecule has 0 aromatic heterocycles. The van der Waals surface area contributed by atoms with Gasteiger partial charge in [-0.3, -0.25) is 9.10 Å². The number of amides is 1. The minimum absolute atomic E-state index is 0.0390. The molecule has 132 valence electrons. The second kappa shape index (κ2) is 7.67. The zero-order chi connectivity index (χ0) is 18.6. The van der Waals surface area contributed by atoms with Gasteiger partial charge in [0, 0.05) is 13.6 Å². The molecule has 0 spiro atoms. The summed E-state index contributed by atoms with van der Waals surface area (Å²) >= 11 is 6.00. The molecule has 25 heavy (non-hydrogen) atoms. The van der Waals surface area contributed by atoms with Gasteiger partial charge in [-0.15, -0.1) is 6.58 Å². The van der Waals surface area contributed by atoms with Crippen molar-refractivity contribution in [3.63, 3.8) is 0 Å². The third-order valence-electron chi connectivity index (χ3n) is 3.44. The Morgan fingerprint density at radius 1 is 1.28 bits per heavy atom. The molecular weight excluding hydrogens is 367 g/mol. The Kier molecular flexibility index (Phi) is 5.81. The van der Waals surface area contributed by atoms with E-state index in [1.165, 1.54) is 43.5 Å². The van der Waals surface area contributed by atoms with Gasteiger partial charge in [0.25, 0.3) is 15.9 Å². The van der Waals surface area contributed by atoms with Crippen molar-refractivity contribution in [1.29, 1.82) is 0 Å². The van der Waals surface area contributed by atoms with Crippen molar-refractivity contribution in [2.75, 3.05) is 17.9 Å². The van der Waals surface area contributed by atoms with E-state index in [9.17, 15) is 17.6 Å². The molecule has 0 aliphatic carbocycles. The molecule has 0 atom stereocenters. The number of nitrogens with one attached hydrogen (secondary N) is 1. The van der Waals surface area contributed by atoms with Crippen LogP contribution in [0.15, 0.2) is 60.0 Å². The minimum Gasteiger partial charge on any atom is -0.349 e. The molecule has 0 bridgehead atoms. The number of rotatable bonds is 6. The molecule has 2 rings (SSSR count). The van der Waals surface area contributed by atoms with Crippen LogP contribution < -0.4 is 9.62 Å². The normalized spacial score (nSPS) is 11.0. The SMILES string of the molecule is C=CCNC(=O)c1cc(S(=O)(=O)N(C)c2ccc(F)cc2)ccc1Cl. The molecule has 0 aliphatic rings. The number of hydrogen-bond donors (Lipinski definition) is 1. The van der Waals surface area contributed by atoms with E-state index >= 15 is 0 Å². The van der Waals surface area contributed by atoms with Crippen LogP contribution in [-0.2, 0) is 10.0 Å². The zero-order valence-corrected chi connectivity index (χ0v) is 14.9. The summed E-state index contributed by atoms with van der Waals surface area (Å²) in [7, 11) is -2.60. The molecule has 0 fully saturated rings. The van der Waals surface area contributed by atoms with Crippen LogP contribution in [-0.4, -0.2) is 27.9 Å². The zero-order valence-electron chi connectivity index (χ0n) is 13.4. The predicted molar refractivity (Wildman–Crippen MR) is 96.0 cm³/mol. The molecule has 0 heterocycles. The summed E-state index contributed by atoms with van der Waals surface area (Å²) in [6, 6.07) is 8.88. The molecule has 0 radical (unpaired) electrons. The number of nitrogens with zero attached hydrogens (tertiary/aromatic N) is 1. The Balaban J connectivity index is 2.40.